The van der Waals surface area contributed by atoms with E-state index in [1.165, 1.54) is 0 Å². The van der Waals surface area contributed by atoms with Crippen LogP contribution in [0.1, 0.15) is 42.3 Å². The van der Waals surface area contributed by atoms with Gasteiger partial charge in [0.15, 0.2) is 0 Å². The second-order valence-electron chi connectivity index (χ2n) is 6.25. The molecule has 2 rings (SSSR count). The van der Waals surface area contributed by atoms with Crippen molar-refractivity contribution in [2.75, 3.05) is 13.2 Å². The predicted octanol–water partition coefficient (Wildman–Crippen LogP) is 2.08. The molecule has 0 bridgehead atoms. The topological polar surface area (TPSA) is 66.8 Å². The maximum absolute atomic E-state index is 12.2. The first kappa shape index (κ1) is 15.5. The van der Waals surface area contributed by atoms with Crippen molar-refractivity contribution in [2.24, 2.45) is 0 Å². The summed E-state index contributed by atoms with van der Waals surface area (Å²) < 4.78 is 5.51. The first-order chi connectivity index (χ1) is 9.76. The second-order valence-corrected chi connectivity index (χ2v) is 6.25. The van der Waals surface area contributed by atoms with E-state index in [0.29, 0.717) is 13.1 Å². The van der Waals surface area contributed by atoms with Crippen molar-refractivity contribution >= 4 is 11.9 Å². The average Bonchev–Trinajstić information content (AvgIpc) is 2.42. The summed E-state index contributed by atoms with van der Waals surface area (Å²) in [6.07, 6.45) is 0.747. The third-order valence-electron chi connectivity index (χ3n) is 3.45. The third kappa shape index (κ3) is 4.04. The maximum Gasteiger partial charge on any atom is 0.335 e. The largest absolute Gasteiger partial charge is 0.478 e. The summed E-state index contributed by atoms with van der Waals surface area (Å²) in [5.74, 6) is -1.01. The highest BCUT2D eigenvalue weighted by Gasteiger charge is 2.23. The molecular weight excluding hydrogens is 270 g/mol. The van der Waals surface area contributed by atoms with Crippen molar-refractivity contribution in [1.29, 1.82) is 0 Å². The number of fused-ring (bicyclic) bond motifs is 1. The molecule has 1 aromatic carbocycles. The molecule has 5 nitrogen and oxygen atoms in total. The van der Waals surface area contributed by atoms with Crippen molar-refractivity contribution in [3.8, 4) is 0 Å². The molecule has 114 valence electrons. The number of amides is 1. The first-order valence-corrected chi connectivity index (χ1v) is 7.03. The van der Waals surface area contributed by atoms with Crippen molar-refractivity contribution in [2.45, 2.75) is 39.3 Å². The van der Waals surface area contributed by atoms with Gasteiger partial charge in [-0.15, -0.1) is 0 Å². The molecule has 0 saturated heterocycles. The number of ether oxygens (including phenoxy) is 1. The molecule has 1 aromatic rings. The molecule has 0 aromatic heterocycles. The van der Waals surface area contributed by atoms with E-state index in [1.807, 2.05) is 26.8 Å². The first-order valence-electron chi connectivity index (χ1n) is 7.03. The van der Waals surface area contributed by atoms with Crippen LogP contribution in [0, 0.1) is 0 Å². The van der Waals surface area contributed by atoms with Crippen LogP contribution in [0.3, 0.4) is 0 Å². The summed E-state index contributed by atoms with van der Waals surface area (Å²) >= 11 is 0. The Morgan fingerprint density at radius 1 is 1.29 bits per heavy atom. The summed E-state index contributed by atoms with van der Waals surface area (Å²) in [5.41, 5.74) is 1.93. The van der Waals surface area contributed by atoms with E-state index in [4.69, 9.17) is 9.84 Å². The molecule has 0 saturated carbocycles. The molecule has 1 N–H and O–H groups in total. The molecule has 0 aliphatic carbocycles. The zero-order chi connectivity index (χ0) is 15.6. The monoisotopic (exact) mass is 291 g/mol. The number of carbonyl (C=O) groups is 2. The van der Waals surface area contributed by atoms with E-state index in [1.54, 1.807) is 17.0 Å². The van der Waals surface area contributed by atoms with Crippen LogP contribution in [0.2, 0.25) is 0 Å². The number of aromatic carboxylic acids is 1. The van der Waals surface area contributed by atoms with Crippen LogP contribution < -0.4 is 0 Å². The molecule has 1 aliphatic rings. The van der Waals surface area contributed by atoms with Crippen LogP contribution in [0.15, 0.2) is 18.2 Å². The number of carbonyl (C=O) groups excluding carboxylic acids is 1. The van der Waals surface area contributed by atoms with Crippen LogP contribution in [0.4, 0.5) is 0 Å². The number of hydrogen-bond acceptors (Lipinski definition) is 3. The second kappa shape index (κ2) is 5.85. The Bertz CT molecular complexity index is 560. The molecule has 5 heteroatoms. The molecule has 1 heterocycles. The number of carboxylic acid groups (broad SMARTS) is 1. The Hall–Kier alpha value is -1.88. The van der Waals surface area contributed by atoms with Crippen molar-refractivity contribution < 1.29 is 19.4 Å². The summed E-state index contributed by atoms with van der Waals surface area (Å²) in [7, 11) is 0. The van der Waals surface area contributed by atoms with E-state index in [0.717, 1.165) is 17.5 Å². The lowest BCUT2D eigenvalue weighted by atomic mass is 9.97. The highest BCUT2D eigenvalue weighted by atomic mass is 16.5. The molecular formula is C16H21NO4. The molecule has 1 amide bonds. The lowest BCUT2D eigenvalue weighted by Crippen LogP contribution is -2.39. The Morgan fingerprint density at radius 3 is 2.62 bits per heavy atom. The molecule has 0 atom stereocenters. The number of hydrogen-bond donors (Lipinski definition) is 1. The van der Waals surface area contributed by atoms with Crippen LogP contribution in [-0.4, -0.2) is 40.6 Å². The van der Waals surface area contributed by atoms with Crippen molar-refractivity contribution in [3.05, 3.63) is 34.9 Å². The summed E-state index contributed by atoms with van der Waals surface area (Å²) in [5, 5.41) is 9.03. The fraction of sp³-hybridized carbons (Fsp3) is 0.500. The van der Waals surface area contributed by atoms with Gasteiger partial charge < -0.3 is 14.7 Å². The van der Waals surface area contributed by atoms with E-state index in [9.17, 15) is 9.59 Å². The summed E-state index contributed by atoms with van der Waals surface area (Å²) in [6.45, 7) is 6.87. The third-order valence-corrected chi connectivity index (χ3v) is 3.45. The standard InChI is InChI=1S/C16H21NO4/c1-16(2,3)21-10-14(18)17-7-6-11-4-5-12(15(19)20)8-13(11)9-17/h4-5,8H,6-7,9-10H2,1-3H3,(H,19,20). The van der Waals surface area contributed by atoms with Gasteiger partial charge in [0.2, 0.25) is 5.91 Å². The zero-order valence-electron chi connectivity index (χ0n) is 12.7. The molecule has 0 fully saturated rings. The van der Waals surface area contributed by atoms with Crippen molar-refractivity contribution in [1.82, 2.24) is 4.90 Å². The normalized spacial score (nSPS) is 14.7. The molecule has 1 aliphatic heterocycles. The number of rotatable bonds is 3. The highest BCUT2D eigenvalue weighted by Crippen LogP contribution is 2.21. The fourth-order valence-electron chi connectivity index (χ4n) is 2.27. The predicted molar refractivity (Wildman–Crippen MR) is 78.2 cm³/mol. The number of nitrogens with zero attached hydrogens (tertiary/aromatic N) is 1. The van der Waals surface area contributed by atoms with Gasteiger partial charge in [0.05, 0.1) is 11.2 Å². The molecule has 0 spiro atoms. The van der Waals surface area contributed by atoms with Gasteiger partial charge in [-0.25, -0.2) is 4.79 Å². The van der Waals surface area contributed by atoms with Gasteiger partial charge in [-0.3, -0.25) is 4.79 Å². The van der Waals surface area contributed by atoms with Gasteiger partial charge in [-0.1, -0.05) is 6.07 Å². The van der Waals surface area contributed by atoms with E-state index < -0.39 is 5.97 Å². The fourth-order valence-corrected chi connectivity index (χ4v) is 2.27. The van der Waals surface area contributed by atoms with Crippen LogP contribution >= 0.6 is 0 Å². The quantitative estimate of drug-likeness (QED) is 0.926. The molecule has 0 radical (unpaired) electrons. The lowest BCUT2D eigenvalue weighted by molar-refractivity contribution is -0.141. The minimum atomic E-state index is -0.947. The smallest absolute Gasteiger partial charge is 0.335 e. The van der Waals surface area contributed by atoms with Gasteiger partial charge in [-0.2, -0.15) is 0 Å². The van der Waals surface area contributed by atoms with Gasteiger partial charge in [0.1, 0.15) is 6.61 Å². The average molecular weight is 291 g/mol. The van der Waals surface area contributed by atoms with Crippen molar-refractivity contribution in [3.63, 3.8) is 0 Å². The van der Waals surface area contributed by atoms with Gasteiger partial charge >= 0.3 is 5.97 Å². The van der Waals surface area contributed by atoms with Gasteiger partial charge in [-0.05, 0) is 50.5 Å². The SMILES string of the molecule is CC(C)(C)OCC(=O)N1CCc2ccc(C(=O)O)cc2C1. The number of benzene rings is 1. The number of carboxylic acids is 1. The van der Waals surface area contributed by atoms with E-state index >= 15 is 0 Å². The highest BCUT2D eigenvalue weighted by molar-refractivity contribution is 5.88. The van der Waals surface area contributed by atoms with Crippen LogP contribution in [-0.2, 0) is 22.5 Å². The molecule has 0 unspecified atom stereocenters. The Kier molecular flexibility index (Phi) is 4.32. The molecule has 21 heavy (non-hydrogen) atoms. The Balaban J connectivity index is 2.06. The van der Waals surface area contributed by atoms with Gasteiger partial charge in [0.25, 0.3) is 0 Å². The minimum absolute atomic E-state index is 0.0530. The van der Waals surface area contributed by atoms with E-state index in [2.05, 4.69) is 0 Å². The maximum atomic E-state index is 12.2. The minimum Gasteiger partial charge on any atom is -0.478 e. The van der Waals surface area contributed by atoms with Crippen LogP contribution in [0.5, 0.6) is 0 Å². The summed E-state index contributed by atoms with van der Waals surface area (Å²) in [4.78, 5) is 24.9. The Labute approximate surface area is 124 Å². The van der Waals surface area contributed by atoms with Crippen LogP contribution in [0.25, 0.3) is 0 Å². The van der Waals surface area contributed by atoms with Gasteiger partial charge in [0, 0.05) is 13.1 Å². The summed E-state index contributed by atoms with van der Waals surface area (Å²) in [6, 6.07) is 5.11. The lowest BCUT2D eigenvalue weighted by Gasteiger charge is -2.30. The zero-order valence-corrected chi connectivity index (χ0v) is 12.7. The Morgan fingerprint density at radius 2 is 2.00 bits per heavy atom. The van der Waals surface area contributed by atoms with E-state index in [-0.39, 0.29) is 23.7 Å².